The molecule has 1 heterocycles. The highest BCUT2D eigenvalue weighted by Crippen LogP contribution is 2.47. The van der Waals surface area contributed by atoms with Crippen molar-refractivity contribution >= 4 is 11.8 Å². The molecule has 1 aromatic carbocycles. The first kappa shape index (κ1) is 34.9. The number of nitrogens with one attached hydrogen (secondary N) is 1. The van der Waals surface area contributed by atoms with Crippen LogP contribution in [0.25, 0.3) is 0 Å². The van der Waals surface area contributed by atoms with E-state index in [9.17, 15) is 9.59 Å². The number of rotatable bonds is 20. The SMILES string of the molecule is CCCCCCCCCCCCCCCCCCOC(=O)C1=C(C)NC2=C(C(=O)CC(C)(C)C2)C1c1ccc(OC)cc1. The van der Waals surface area contributed by atoms with E-state index in [4.69, 9.17) is 9.47 Å². The van der Waals surface area contributed by atoms with Crippen molar-refractivity contribution in [2.24, 2.45) is 5.41 Å². The van der Waals surface area contributed by atoms with Crippen LogP contribution in [0.1, 0.15) is 155 Å². The van der Waals surface area contributed by atoms with Gasteiger partial charge in [-0.3, -0.25) is 4.79 Å². The molecule has 2 aliphatic rings. The van der Waals surface area contributed by atoms with Crippen molar-refractivity contribution in [3.05, 3.63) is 52.4 Å². The van der Waals surface area contributed by atoms with Crippen LogP contribution < -0.4 is 10.1 Å². The third-order valence-electron chi connectivity index (χ3n) is 9.14. The van der Waals surface area contributed by atoms with Gasteiger partial charge in [-0.15, -0.1) is 0 Å². The average molecular weight is 594 g/mol. The molecule has 0 radical (unpaired) electrons. The normalized spacial score (nSPS) is 18.0. The third-order valence-corrected chi connectivity index (χ3v) is 9.14. The predicted octanol–water partition coefficient (Wildman–Crippen LogP) is 10.1. The number of hydrogen-bond acceptors (Lipinski definition) is 5. The Balaban J connectivity index is 1.40. The van der Waals surface area contributed by atoms with Crippen LogP contribution in [0.5, 0.6) is 5.75 Å². The molecule has 0 fully saturated rings. The maximum atomic E-state index is 13.5. The van der Waals surface area contributed by atoms with Gasteiger partial charge in [0.1, 0.15) is 5.75 Å². The number of ketones is 1. The smallest absolute Gasteiger partial charge is 0.336 e. The standard InChI is InChI=1S/C38H59NO4/c1-6-7-8-9-10-11-12-13-14-15-16-17-18-19-20-21-26-43-37(41)34-29(2)39-32-27-38(3,4)28-33(40)36(32)35(34)30-22-24-31(42-5)25-23-30/h22-25,35,39H,6-21,26-28H2,1-5H3. The predicted molar refractivity (Wildman–Crippen MR) is 177 cm³/mol. The first-order chi connectivity index (χ1) is 20.8. The van der Waals surface area contributed by atoms with Crippen LogP contribution in [0.4, 0.5) is 0 Å². The molecule has 0 spiro atoms. The molecule has 5 heteroatoms. The summed E-state index contributed by atoms with van der Waals surface area (Å²) in [6, 6.07) is 7.71. The number of esters is 1. The van der Waals surface area contributed by atoms with Gasteiger partial charge in [0.2, 0.25) is 0 Å². The van der Waals surface area contributed by atoms with Crippen molar-refractivity contribution < 1.29 is 19.1 Å². The van der Waals surface area contributed by atoms with Gasteiger partial charge in [-0.25, -0.2) is 4.79 Å². The number of carbonyl (C=O) groups is 2. The van der Waals surface area contributed by atoms with E-state index in [1.54, 1.807) is 7.11 Å². The molecule has 0 bridgehead atoms. The van der Waals surface area contributed by atoms with Gasteiger partial charge in [-0.1, -0.05) is 129 Å². The first-order valence-electron chi connectivity index (χ1n) is 17.3. The molecule has 1 aromatic rings. The molecule has 0 aromatic heterocycles. The van der Waals surface area contributed by atoms with E-state index < -0.39 is 5.92 Å². The molecule has 1 aliphatic carbocycles. The maximum Gasteiger partial charge on any atom is 0.336 e. The molecule has 1 atom stereocenters. The quantitative estimate of drug-likeness (QED) is 0.120. The Morgan fingerprint density at radius 1 is 0.814 bits per heavy atom. The zero-order valence-electron chi connectivity index (χ0n) is 28.0. The number of allylic oxidation sites excluding steroid dienone is 3. The van der Waals surface area contributed by atoms with Crippen LogP contribution in [0, 0.1) is 5.41 Å². The molecule has 1 N–H and O–H groups in total. The van der Waals surface area contributed by atoms with Gasteiger partial charge in [0.15, 0.2) is 5.78 Å². The Bertz CT molecular complexity index is 1080. The molecular formula is C38H59NO4. The second-order valence-electron chi connectivity index (χ2n) is 13.6. The summed E-state index contributed by atoms with van der Waals surface area (Å²) in [5.41, 5.74) is 3.78. The summed E-state index contributed by atoms with van der Waals surface area (Å²) >= 11 is 0. The maximum absolute atomic E-state index is 13.5. The Morgan fingerprint density at radius 3 is 1.84 bits per heavy atom. The third kappa shape index (κ3) is 11.1. The lowest BCUT2D eigenvalue weighted by molar-refractivity contribution is -0.139. The average Bonchev–Trinajstić information content (AvgIpc) is 2.97. The van der Waals surface area contributed by atoms with Gasteiger partial charge < -0.3 is 14.8 Å². The Kier molecular flexibility index (Phi) is 14.9. The van der Waals surface area contributed by atoms with Crippen LogP contribution in [-0.2, 0) is 14.3 Å². The summed E-state index contributed by atoms with van der Waals surface area (Å²) in [5, 5.41) is 3.43. The van der Waals surface area contributed by atoms with Gasteiger partial charge in [0, 0.05) is 29.3 Å². The van der Waals surface area contributed by atoms with Crippen molar-refractivity contribution in [1.82, 2.24) is 5.32 Å². The Hall–Kier alpha value is -2.56. The van der Waals surface area contributed by atoms with E-state index in [1.807, 2.05) is 31.2 Å². The minimum Gasteiger partial charge on any atom is -0.497 e. The number of carbonyl (C=O) groups excluding carboxylic acids is 2. The number of hydrogen-bond donors (Lipinski definition) is 1. The molecule has 1 aliphatic heterocycles. The Labute approximate surface area is 262 Å². The molecule has 0 saturated carbocycles. The summed E-state index contributed by atoms with van der Waals surface area (Å²) in [7, 11) is 1.64. The van der Waals surface area contributed by atoms with Crippen LogP contribution in [0.15, 0.2) is 46.8 Å². The van der Waals surface area contributed by atoms with Crippen molar-refractivity contribution in [1.29, 1.82) is 0 Å². The highest BCUT2D eigenvalue weighted by atomic mass is 16.5. The number of dihydropyridines is 1. The van der Waals surface area contributed by atoms with Gasteiger partial charge in [0.05, 0.1) is 19.3 Å². The lowest BCUT2D eigenvalue weighted by Gasteiger charge is -2.39. The molecule has 240 valence electrons. The zero-order valence-corrected chi connectivity index (χ0v) is 28.0. The van der Waals surface area contributed by atoms with Gasteiger partial charge in [-0.05, 0) is 42.9 Å². The molecule has 0 saturated heterocycles. The monoisotopic (exact) mass is 593 g/mol. The van der Waals surface area contributed by atoms with Crippen molar-refractivity contribution in [2.45, 2.75) is 149 Å². The van der Waals surface area contributed by atoms with E-state index in [2.05, 4.69) is 26.1 Å². The Morgan fingerprint density at radius 2 is 1.33 bits per heavy atom. The first-order valence-corrected chi connectivity index (χ1v) is 17.3. The fourth-order valence-corrected chi connectivity index (χ4v) is 6.73. The summed E-state index contributed by atoms with van der Waals surface area (Å²) in [6.45, 7) is 8.87. The van der Waals surface area contributed by atoms with E-state index >= 15 is 0 Å². The van der Waals surface area contributed by atoms with Crippen molar-refractivity contribution in [3.63, 3.8) is 0 Å². The van der Waals surface area contributed by atoms with Crippen LogP contribution in [0.3, 0.4) is 0 Å². The minimum absolute atomic E-state index is 0.107. The van der Waals surface area contributed by atoms with E-state index in [0.29, 0.717) is 24.2 Å². The summed E-state index contributed by atoms with van der Waals surface area (Å²) in [4.78, 5) is 27.0. The zero-order chi connectivity index (χ0) is 31.1. The molecule has 5 nitrogen and oxygen atoms in total. The topological polar surface area (TPSA) is 64.6 Å². The van der Waals surface area contributed by atoms with Crippen LogP contribution in [-0.4, -0.2) is 25.5 Å². The van der Waals surface area contributed by atoms with E-state index in [0.717, 1.165) is 42.0 Å². The van der Waals surface area contributed by atoms with Gasteiger partial charge in [-0.2, -0.15) is 0 Å². The van der Waals surface area contributed by atoms with Crippen molar-refractivity contribution in [3.8, 4) is 5.75 Å². The van der Waals surface area contributed by atoms with Crippen molar-refractivity contribution in [2.75, 3.05) is 13.7 Å². The fourth-order valence-electron chi connectivity index (χ4n) is 6.73. The molecule has 3 rings (SSSR count). The minimum atomic E-state index is -0.427. The lowest BCUT2D eigenvalue weighted by Crippen LogP contribution is -2.38. The second-order valence-corrected chi connectivity index (χ2v) is 13.6. The molecule has 1 unspecified atom stereocenters. The fraction of sp³-hybridized carbons (Fsp3) is 0.684. The van der Waals surface area contributed by atoms with E-state index in [-0.39, 0.29) is 17.2 Å². The number of ether oxygens (including phenoxy) is 2. The van der Waals surface area contributed by atoms with Crippen LogP contribution >= 0.6 is 0 Å². The van der Waals surface area contributed by atoms with E-state index in [1.165, 1.54) is 89.9 Å². The molecular weight excluding hydrogens is 534 g/mol. The highest BCUT2D eigenvalue weighted by Gasteiger charge is 2.43. The highest BCUT2D eigenvalue weighted by molar-refractivity contribution is 6.04. The van der Waals surface area contributed by atoms with Gasteiger partial charge in [0.25, 0.3) is 0 Å². The number of methoxy groups -OCH3 is 1. The number of benzene rings is 1. The summed E-state index contributed by atoms with van der Waals surface area (Å²) < 4.78 is 11.2. The largest absolute Gasteiger partial charge is 0.497 e. The lowest BCUT2D eigenvalue weighted by atomic mass is 9.68. The molecule has 43 heavy (non-hydrogen) atoms. The number of Topliss-reactive ketones (excluding diaryl/α,β-unsaturated/α-hetero) is 1. The molecule has 0 amide bonds. The van der Waals surface area contributed by atoms with Gasteiger partial charge >= 0.3 is 5.97 Å². The second kappa shape index (κ2) is 18.3. The summed E-state index contributed by atoms with van der Waals surface area (Å²) in [6.07, 6.45) is 22.2. The number of unbranched alkanes of at least 4 members (excludes halogenated alkanes) is 15. The van der Waals surface area contributed by atoms with Crippen LogP contribution in [0.2, 0.25) is 0 Å². The summed E-state index contributed by atoms with van der Waals surface area (Å²) in [5.74, 6) is 0.103.